The number of rotatable bonds is 8. The van der Waals surface area contributed by atoms with E-state index < -0.39 is 0 Å². The minimum absolute atomic E-state index is 0.285. The molecule has 15 heavy (non-hydrogen) atoms. The average Bonchev–Trinajstić information content (AvgIpc) is 2.22. The van der Waals surface area contributed by atoms with Crippen LogP contribution in [-0.2, 0) is 4.74 Å². The first-order chi connectivity index (χ1) is 6.99. The maximum absolute atomic E-state index is 5.26. The van der Waals surface area contributed by atoms with Crippen LogP contribution in [0.5, 0.6) is 0 Å². The van der Waals surface area contributed by atoms with Crippen LogP contribution in [0.15, 0.2) is 0 Å². The van der Waals surface area contributed by atoms with Crippen molar-refractivity contribution in [3.8, 4) is 0 Å². The van der Waals surface area contributed by atoms with Crippen LogP contribution in [0.2, 0.25) is 0 Å². The molecule has 0 aliphatic rings. The van der Waals surface area contributed by atoms with Gasteiger partial charge in [-0.25, -0.2) is 0 Å². The zero-order valence-corrected chi connectivity index (χ0v) is 11.2. The zero-order chi connectivity index (χ0) is 11.8. The number of nitrogens with zero attached hydrogens (tertiary/aromatic N) is 1. The summed E-state index contributed by atoms with van der Waals surface area (Å²) in [5.74, 6) is 0. The van der Waals surface area contributed by atoms with E-state index in [1.807, 2.05) is 0 Å². The zero-order valence-electron chi connectivity index (χ0n) is 11.2. The Hall–Kier alpha value is -0.120. The van der Waals surface area contributed by atoms with E-state index >= 15 is 0 Å². The quantitative estimate of drug-likeness (QED) is 0.625. The molecule has 0 bridgehead atoms. The molecule has 0 fully saturated rings. The summed E-state index contributed by atoms with van der Waals surface area (Å²) in [6, 6.07) is 1.07. The third kappa shape index (κ3) is 6.88. The Balaban J connectivity index is 3.46. The fourth-order valence-electron chi connectivity index (χ4n) is 1.29. The van der Waals surface area contributed by atoms with Crippen molar-refractivity contribution in [2.75, 3.05) is 27.2 Å². The Morgan fingerprint density at radius 1 is 1.20 bits per heavy atom. The first-order valence-electron chi connectivity index (χ1n) is 5.95. The van der Waals surface area contributed by atoms with Gasteiger partial charge in [0.15, 0.2) is 0 Å². The van der Waals surface area contributed by atoms with Gasteiger partial charge in [0, 0.05) is 19.2 Å². The highest BCUT2D eigenvalue weighted by atomic mass is 16.5. The van der Waals surface area contributed by atoms with Crippen molar-refractivity contribution in [1.82, 2.24) is 10.2 Å². The van der Waals surface area contributed by atoms with Crippen molar-refractivity contribution < 1.29 is 4.74 Å². The first-order valence-corrected chi connectivity index (χ1v) is 5.95. The standard InChI is InChI=1S/C12H28N2O/c1-10(2)14(5)9-7-8-13-11(3)12(4)15-6/h10-13H,7-9H2,1-6H3. The van der Waals surface area contributed by atoms with Gasteiger partial charge >= 0.3 is 0 Å². The minimum atomic E-state index is 0.285. The molecule has 1 N–H and O–H groups in total. The molecule has 0 spiro atoms. The van der Waals surface area contributed by atoms with E-state index in [1.54, 1.807) is 7.11 Å². The summed E-state index contributed by atoms with van der Waals surface area (Å²) in [5, 5.41) is 3.48. The fraction of sp³-hybridized carbons (Fsp3) is 1.00. The van der Waals surface area contributed by atoms with E-state index in [2.05, 4.69) is 45.0 Å². The summed E-state index contributed by atoms with van der Waals surface area (Å²) in [5.41, 5.74) is 0. The number of methoxy groups -OCH3 is 1. The van der Waals surface area contributed by atoms with Gasteiger partial charge < -0.3 is 15.0 Å². The van der Waals surface area contributed by atoms with Crippen LogP contribution in [0.1, 0.15) is 34.1 Å². The van der Waals surface area contributed by atoms with Gasteiger partial charge in [0.05, 0.1) is 6.10 Å². The topological polar surface area (TPSA) is 24.5 Å². The minimum Gasteiger partial charge on any atom is -0.380 e. The summed E-state index contributed by atoms with van der Waals surface area (Å²) in [7, 11) is 3.93. The smallest absolute Gasteiger partial charge is 0.0693 e. The van der Waals surface area contributed by atoms with E-state index in [-0.39, 0.29) is 6.10 Å². The number of hydrogen-bond acceptors (Lipinski definition) is 3. The number of hydrogen-bond donors (Lipinski definition) is 1. The predicted molar refractivity (Wildman–Crippen MR) is 66.3 cm³/mol. The van der Waals surface area contributed by atoms with Gasteiger partial charge in [-0.2, -0.15) is 0 Å². The molecule has 0 radical (unpaired) electrons. The van der Waals surface area contributed by atoms with Crippen LogP contribution >= 0.6 is 0 Å². The molecule has 0 aromatic heterocycles. The molecule has 0 heterocycles. The predicted octanol–water partition coefficient (Wildman–Crippen LogP) is 1.73. The molecule has 92 valence electrons. The molecule has 2 unspecified atom stereocenters. The third-order valence-electron chi connectivity index (χ3n) is 3.11. The van der Waals surface area contributed by atoms with Crippen LogP contribution < -0.4 is 5.32 Å². The van der Waals surface area contributed by atoms with Crippen LogP contribution in [0, 0.1) is 0 Å². The van der Waals surface area contributed by atoms with Crippen molar-refractivity contribution in [3.05, 3.63) is 0 Å². The van der Waals surface area contributed by atoms with E-state index in [4.69, 9.17) is 4.74 Å². The van der Waals surface area contributed by atoms with Crippen LogP contribution in [0.25, 0.3) is 0 Å². The number of nitrogens with one attached hydrogen (secondary N) is 1. The summed E-state index contributed by atoms with van der Waals surface area (Å²) < 4.78 is 5.26. The third-order valence-corrected chi connectivity index (χ3v) is 3.11. The first kappa shape index (κ1) is 14.9. The lowest BCUT2D eigenvalue weighted by molar-refractivity contribution is 0.0884. The van der Waals surface area contributed by atoms with Gasteiger partial charge in [0.2, 0.25) is 0 Å². The largest absolute Gasteiger partial charge is 0.380 e. The van der Waals surface area contributed by atoms with E-state index in [0.717, 1.165) is 13.1 Å². The number of ether oxygens (including phenoxy) is 1. The second-order valence-corrected chi connectivity index (χ2v) is 4.61. The Kier molecular flexibility index (Phi) is 8.02. The lowest BCUT2D eigenvalue weighted by Gasteiger charge is -2.23. The average molecular weight is 216 g/mol. The Morgan fingerprint density at radius 3 is 2.27 bits per heavy atom. The molecule has 2 atom stereocenters. The van der Waals surface area contributed by atoms with Crippen molar-refractivity contribution in [1.29, 1.82) is 0 Å². The SMILES string of the molecule is COC(C)C(C)NCCCN(C)C(C)C. The van der Waals surface area contributed by atoms with Gasteiger partial charge in [-0.3, -0.25) is 0 Å². The van der Waals surface area contributed by atoms with Crippen LogP contribution in [0.4, 0.5) is 0 Å². The molecule has 0 aromatic carbocycles. The lowest BCUT2D eigenvalue weighted by atomic mass is 10.2. The maximum atomic E-state index is 5.26. The monoisotopic (exact) mass is 216 g/mol. The van der Waals surface area contributed by atoms with Gasteiger partial charge in [-0.05, 0) is 54.3 Å². The highest BCUT2D eigenvalue weighted by Gasteiger charge is 2.09. The summed E-state index contributed by atoms with van der Waals surface area (Å²) in [6.45, 7) is 10.9. The molecule has 0 aliphatic heterocycles. The van der Waals surface area contributed by atoms with Crippen molar-refractivity contribution in [2.45, 2.75) is 52.3 Å². The molecule has 0 rings (SSSR count). The molecule has 0 aliphatic carbocycles. The lowest BCUT2D eigenvalue weighted by Crippen LogP contribution is -2.38. The van der Waals surface area contributed by atoms with Crippen molar-refractivity contribution in [2.24, 2.45) is 0 Å². The van der Waals surface area contributed by atoms with E-state index in [9.17, 15) is 0 Å². The maximum Gasteiger partial charge on any atom is 0.0693 e. The van der Waals surface area contributed by atoms with Crippen molar-refractivity contribution in [3.63, 3.8) is 0 Å². The summed E-state index contributed by atoms with van der Waals surface area (Å²) in [4.78, 5) is 2.37. The summed E-state index contributed by atoms with van der Waals surface area (Å²) in [6.07, 6.45) is 1.47. The molecule has 3 heteroatoms. The van der Waals surface area contributed by atoms with E-state index in [1.165, 1.54) is 6.42 Å². The fourth-order valence-corrected chi connectivity index (χ4v) is 1.29. The van der Waals surface area contributed by atoms with Crippen LogP contribution in [0.3, 0.4) is 0 Å². The Bertz CT molecular complexity index is 151. The normalized spacial score (nSPS) is 16.0. The molecule has 0 amide bonds. The van der Waals surface area contributed by atoms with Crippen molar-refractivity contribution >= 4 is 0 Å². The second kappa shape index (κ2) is 8.08. The highest BCUT2D eigenvalue weighted by molar-refractivity contribution is 4.68. The molecular weight excluding hydrogens is 188 g/mol. The molecular formula is C12H28N2O. The second-order valence-electron chi connectivity index (χ2n) is 4.61. The van der Waals surface area contributed by atoms with Gasteiger partial charge in [0.1, 0.15) is 0 Å². The Morgan fingerprint density at radius 2 is 1.80 bits per heavy atom. The molecule has 0 aromatic rings. The summed E-state index contributed by atoms with van der Waals surface area (Å²) >= 11 is 0. The van der Waals surface area contributed by atoms with E-state index in [0.29, 0.717) is 12.1 Å². The highest BCUT2D eigenvalue weighted by Crippen LogP contribution is 1.97. The van der Waals surface area contributed by atoms with Gasteiger partial charge in [0.25, 0.3) is 0 Å². The molecule has 0 saturated carbocycles. The molecule has 3 nitrogen and oxygen atoms in total. The van der Waals surface area contributed by atoms with Gasteiger partial charge in [-0.1, -0.05) is 0 Å². The van der Waals surface area contributed by atoms with Crippen LogP contribution in [-0.4, -0.2) is 50.3 Å². The van der Waals surface area contributed by atoms with Gasteiger partial charge in [-0.15, -0.1) is 0 Å². The molecule has 0 saturated heterocycles. The Labute approximate surface area is 95.2 Å².